The van der Waals surface area contributed by atoms with Gasteiger partial charge in [-0.3, -0.25) is 5.43 Å². The number of hydrogen-bond acceptors (Lipinski definition) is 6. The van der Waals surface area contributed by atoms with Gasteiger partial charge in [0.2, 0.25) is 5.95 Å². The van der Waals surface area contributed by atoms with Crippen molar-refractivity contribution < 1.29 is 0 Å². The van der Waals surface area contributed by atoms with Crippen LogP contribution in [0.5, 0.6) is 0 Å². The second kappa shape index (κ2) is 4.37. The predicted octanol–water partition coefficient (Wildman–Crippen LogP) is 2.21. The van der Waals surface area contributed by atoms with Gasteiger partial charge in [-0.05, 0) is 37.1 Å². The molecule has 5 nitrogen and oxygen atoms in total. The third-order valence-electron chi connectivity index (χ3n) is 3.68. The molecule has 1 atom stereocenters. The van der Waals surface area contributed by atoms with Gasteiger partial charge in [-0.15, -0.1) is 11.3 Å². The van der Waals surface area contributed by atoms with Gasteiger partial charge in [0, 0.05) is 13.1 Å². The van der Waals surface area contributed by atoms with Crippen LogP contribution in [-0.2, 0) is 0 Å². The first-order valence-corrected chi connectivity index (χ1v) is 7.03. The Kier molecular flexibility index (Phi) is 2.83. The summed E-state index contributed by atoms with van der Waals surface area (Å²) in [6.45, 7) is 2.26. The molecule has 0 radical (unpaired) electrons. The summed E-state index contributed by atoms with van der Waals surface area (Å²) in [5.41, 5.74) is 2.55. The lowest BCUT2D eigenvalue weighted by Gasteiger charge is -2.26. The van der Waals surface area contributed by atoms with Crippen LogP contribution in [-0.4, -0.2) is 23.1 Å². The second-order valence-corrected chi connectivity index (χ2v) is 5.74. The summed E-state index contributed by atoms with van der Waals surface area (Å²) in [4.78, 5) is 12.1. The first-order chi connectivity index (χ1) is 8.70. The van der Waals surface area contributed by atoms with Gasteiger partial charge in [-0.25, -0.2) is 10.8 Å². The van der Waals surface area contributed by atoms with Gasteiger partial charge in [0.25, 0.3) is 0 Å². The minimum absolute atomic E-state index is 0.481. The standard InChI is InChI=1S/C12H17N5S/c1-7(8-3-4-8)17(2)10-9-5-6-18-11(9)15-12(14-10)16-13/h5-8H,3-4,13H2,1-2H3,(H,14,15,16). The van der Waals surface area contributed by atoms with Gasteiger partial charge in [0.1, 0.15) is 10.6 Å². The normalized spacial score (nSPS) is 16.8. The molecule has 2 aromatic rings. The van der Waals surface area contributed by atoms with Gasteiger partial charge in [0.15, 0.2) is 0 Å². The topological polar surface area (TPSA) is 67.1 Å². The molecule has 0 amide bonds. The van der Waals surface area contributed by atoms with Crippen molar-refractivity contribution in [1.82, 2.24) is 9.97 Å². The first kappa shape index (κ1) is 11.7. The Labute approximate surface area is 110 Å². The number of thiophene rings is 1. The van der Waals surface area contributed by atoms with E-state index in [2.05, 4.69) is 40.3 Å². The zero-order chi connectivity index (χ0) is 12.7. The molecule has 1 aliphatic rings. The summed E-state index contributed by atoms with van der Waals surface area (Å²) in [6.07, 6.45) is 2.65. The number of hydrogen-bond donors (Lipinski definition) is 2. The van der Waals surface area contributed by atoms with Gasteiger partial charge in [-0.2, -0.15) is 4.98 Å². The SMILES string of the molecule is CC(C1CC1)N(C)c1nc(NN)nc2sccc12. The van der Waals surface area contributed by atoms with Crippen LogP contribution in [0.4, 0.5) is 11.8 Å². The van der Waals surface area contributed by atoms with E-state index in [-0.39, 0.29) is 0 Å². The van der Waals surface area contributed by atoms with Crippen molar-refractivity contribution >= 4 is 33.3 Å². The molecule has 1 aliphatic carbocycles. The van der Waals surface area contributed by atoms with E-state index < -0.39 is 0 Å². The smallest absolute Gasteiger partial charge is 0.240 e. The Morgan fingerprint density at radius 1 is 1.50 bits per heavy atom. The molecule has 0 spiro atoms. The van der Waals surface area contributed by atoms with Crippen molar-refractivity contribution in [1.29, 1.82) is 0 Å². The summed E-state index contributed by atoms with van der Waals surface area (Å²) >= 11 is 1.61. The third kappa shape index (κ3) is 1.91. The molecule has 0 saturated heterocycles. The zero-order valence-electron chi connectivity index (χ0n) is 10.6. The van der Waals surface area contributed by atoms with E-state index >= 15 is 0 Å². The number of nitrogens with zero attached hydrogens (tertiary/aromatic N) is 3. The summed E-state index contributed by atoms with van der Waals surface area (Å²) < 4.78 is 0. The van der Waals surface area contributed by atoms with Crippen LogP contribution in [0, 0.1) is 5.92 Å². The molecule has 18 heavy (non-hydrogen) atoms. The molecular formula is C12H17N5S. The van der Waals surface area contributed by atoms with Crippen LogP contribution in [0.25, 0.3) is 10.2 Å². The summed E-state index contributed by atoms with van der Waals surface area (Å²) in [5.74, 6) is 7.68. The molecule has 0 bridgehead atoms. The molecule has 1 fully saturated rings. The van der Waals surface area contributed by atoms with Crippen molar-refractivity contribution in [2.24, 2.45) is 11.8 Å². The minimum Gasteiger partial charge on any atom is -0.356 e. The Morgan fingerprint density at radius 3 is 2.94 bits per heavy atom. The highest BCUT2D eigenvalue weighted by molar-refractivity contribution is 7.16. The van der Waals surface area contributed by atoms with E-state index in [0.29, 0.717) is 12.0 Å². The Hall–Kier alpha value is -1.40. The van der Waals surface area contributed by atoms with Crippen LogP contribution in [0.1, 0.15) is 19.8 Å². The lowest BCUT2D eigenvalue weighted by Crippen LogP contribution is -2.31. The van der Waals surface area contributed by atoms with Crippen LogP contribution in [0.3, 0.4) is 0 Å². The first-order valence-electron chi connectivity index (χ1n) is 6.15. The van der Waals surface area contributed by atoms with Gasteiger partial charge in [0.05, 0.1) is 5.39 Å². The van der Waals surface area contributed by atoms with Crippen LogP contribution < -0.4 is 16.2 Å². The highest BCUT2D eigenvalue weighted by Gasteiger charge is 2.31. The number of hydrazine groups is 1. The van der Waals surface area contributed by atoms with Crippen molar-refractivity contribution in [2.75, 3.05) is 17.4 Å². The minimum atomic E-state index is 0.481. The van der Waals surface area contributed by atoms with E-state index in [1.165, 1.54) is 12.8 Å². The van der Waals surface area contributed by atoms with Crippen molar-refractivity contribution in [3.63, 3.8) is 0 Å². The number of nitrogen functional groups attached to an aromatic ring is 1. The highest BCUT2D eigenvalue weighted by atomic mass is 32.1. The Morgan fingerprint density at radius 2 is 2.28 bits per heavy atom. The van der Waals surface area contributed by atoms with Crippen molar-refractivity contribution in [3.05, 3.63) is 11.4 Å². The maximum atomic E-state index is 5.44. The van der Waals surface area contributed by atoms with Gasteiger partial charge in [-0.1, -0.05) is 0 Å². The molecule has 3 N–H and O–H groups in total. The van der Waals surface area contributed by atoms with Crippen molar-refractivity contribution in [3.8, 4) is 0 Å². The highest BCUT2D eigenvalue weighted by Crippen LogP contribution is 2.38. The lowest BCUT2D eigenvalue weighted by atomic mass is 10.2. The molecule has 3 rings (SSSR count). The monoisotopic (exact) mass is 263 g/mol. The maximum absolute atomic E-state index is 5.44. The van der Waals surface area contributed by atoms with E-state index in [9.17, 15) is 0 Å². The quantitative estimate of drug-likeness (QED) is 0.654. The molecule has 2 aromatic heterocycles. The van der Waals surface area contributed by atoms with Crippen LogP contribution in [0.15, 0.2) is 11.4 Å². The van der Waals surface area contributed by atoms with E-state index in [1.54, 1.807) is 11.3 Å². The Bertz CT molecular complexity index is 563. The molecule has 1 saturated carbocycles. The predicted molar refractivity (Wildman–Crippen MR) is 75.8 cm³/mol. The second-order valence-electron chi connectivity index (χ2n) is 4.84. The third-order valence-corrected chi connectivity index (χ3v) is 4.49. The molecule has 0 aliphatic heterocycles. The molecule has 6 heteroatoms. The molecule has 96 valence electrons. The number of nitrogens with two attached hydrogens (primary N) is 1. The fourth-order valence-corrected chi connectivity index (χ4v) is 3.02. The number of rotatable bonds is 4. The average Bonchev–Trinajstić information content (AvgIpc) is 3.13. The van der Waals surface area contributed by atoms with E-state index in [4.69, 9.17) is 5.84 Å². The number of fused-ring (bicyclic) bond motifs is 1. The Balaban J connectivity index is 2.05. The summed E-state index contributed by atoms with van der Waals surface area (Å²) in [6, 6.07) is 2.58. The van der Waals surface area contributed by atoms with E-state index in [0.717, 1.165) is 22.0 Å². The fourth-order valence-electron chi connectivity index (χ4n) is 2.26. The largest absolute Gasteiger partial charge is 0.356 e. The number of aromatic nitrogens is 2. The molecule has 2 heterocycles. The lowest BCUT2D eigenvalue weighted by molar-refractivity contribution is 0.605. The summed E-state index contributed by atoms with van der Waals surface area (Å²) in [7, 11) is 2.10. The van der Waals surface area contributed by atoms with Crippen LogP contribution >= 0.6 is 11.3 Å². The fraction of sp³-hybridized carbons (Fsp3) is 0.500. The van der Waals surface area contributed by atoms with E-state index in [1.807, 2.05) is 5.38 Å². The number of nitrogens with one attached hydrogen (secondary N) is 1. The average molecular weight is 263 g/mol. The van der Waals surface area contributed by atoms with Crippen LogP contribution in [0.2, 0.25) is 0 Å². The zero-order valence-corrected chi connectivity index (χ0v) is 11.4. The molecular weight excluding hydrogens is 246 g/mol. The molecule has 1 unspecified atom stereocenters. The van der Waals surface area contributed by atoms with Gasteiger partial charge >= 0.3 is 0 Å². The summed E-state index contributed by atoms with van der Waals surface area (Å²) in [5, 5.41) is 3.15. The molecule has 0 aromatic carbocycles. The van der Waals surface area contributed by atoms with Gasteiger partial charge < -0.3 is 4.90 Å². The maximum Gasteiger partial charge on any atom is 0.240 e. The number of anilines is 2. The van der Waals surface area contributed by atoms with Crippen molar-refractivity contribution in [2.45, 2.75) is 25.8 Å².